The predicted molar refractivity (Wildman–Crippen MR) is 99.0 cm³/mol. The van der Waals surface area contributed by atoms with Crippen molar-refractivity contribution < 1.29 is 0 Å². The average Bonchev–Trinajstić information content (AvgIpc) is 2.92. The van der Waals surface area contributed by atoms with E-state index in [4.69, 9.17) is 28.2 Å². The highest BCUT2D eigenvalue weighted by molar-refractivity contribution is 6.35. The Balaban J connectivity index is 1.98. The van der Waals surface area contributed by atoms with E-state index in [1.165, 1.54) is 0 Å². The predicted octanol–water partition coefficient (Wildman–Crippen LogP) is 4.27. The van der Waals surface area contributed by atoms with E-state index >= 15 is 0 Å². The summed E-state index contributed by atoms with van der Waals surface area (Å²) in [5.74, 6) is 1.69. The van der Waals surface area contributed by atoms with Crippen molar-refractivity contribution in [1.29, 1.82) is 0 Å². The maximum absolute atomic E-state index is 6.41. The van der Waals surface area contributed by atoms with Gasteiger partial charge in [-0.15, -0.1) is 10.2 Å². The van der Waals surface area contributed by atoms with Crippen LogP contribution in [0.4, 0.5) is 0 Å². The molecule has 0 spiro atoms. The van der Waals surface area contributed by atoms with Gasteiger partial charge in [0.1, 0.15) is 23.2 Å². The molecule has 7 heteroatoms. The van der Waals surface area contributed by atoms with E-state index in [1.54, 1.807) is 6.07 Å². The van der Waals surface area contributed by atoms with Gasteiger partial charge in [-0.2, -0.15) is 0 Å². The largest absolute Gasteiger partial charge is 0.279 e. The van der Waals surface area contributed by atoms with Gasteiger partial charge in [0.05, 0.1) is 16.4 Å². The van der Waals surface area contributed by atoms with E-state index in [0.29, 0.717) is 22.4 Å². The highest BCUT2D eigenvalue weighted by Crippen LogP contribution is 2.28. The topological polar surface area (TPSA) is 56.0 Å². The van der Waals surface area contributed by atoms with Crippen molar-refractivity contribution in [2.75, 3.05) is 0 Å². The summed E-state index contributed by atoms with van der Waals surface area (Å²) in [5.41, 5.74) is 3.12. The summed E-state index contributed by atoms with van der Waals surface area (Å²) in [5, 5.41) is 9.68. The molecule has 0 bridgehead atoms. The second-order valence-corrected chi connectivity index (χ2v) is 6.56. The Bertz CT molecular complexity index is 977. The van der Waals surface area contributed by atoms with Crippen molar-refractivity contribution in [2.45, 2.75) is 26.3 Å². The van der Waals surface area contributed by atoms with Gasteiger partial charge in [-0.1, -0.05) is 48.3 Å². The van der Waals surface area contributed by atoms with Crippen molar-refractivity contribution in [3.63, 3.8) is 0 Å². The Morgan fingerprint density at radius 3 is 2.72 bits per heavy atom. The summed E-state index contributed by atoms with van der Waals surface area (Å²) in [4.78, 5) is 9.29. The second kappa shape index (κ2) is 6.58. The third-order valence-electron chi connectivity index (χ3n) is 4.08. The van der Waals surface area contributed by atoms with Crippen LogP contribution < -0.4 is 0 Å². The average molecular weight is 372 g/mol. The Hall–Kier alpha value is -2.24. The molecule has 0 unspecified atom stereocenters. The fourth-order valence-electron chi connectivity index (χ4n) is 2.99. The van der Waals surface area contributed by atoms with Crippen LogP contribution in [0.1, 0.15) is 36.3 Å². The lowest BCUT2D eigenvalue weighted by atomic mass is 10.1. The van der Waals surface area contributed by atoms with Gasteiger partial charge in [0.25, 0.3) is 0 Å². The molecular weight excluding hydrogens is 357 g/mol. The van der Waals surface area contributed by atoms with Gasteiger partial charge >= 0.3 is 0 Å². The number of benzene rings is 1. The lowest BCUT2D eigenvalue weighted by Gasteiger charge is -2.13. The molecule has 0 aliphatic carbocycles. The van der Waals surface area contributed by atoms with Gasteiger partial charge in [-0.3, -0.25) is 9.56 Å². The molecule has 0 saturated heterocycles. The zero-order chi connectivity index (χ0) is 17.4. The van der Waals surface area contributed by atoms with E-state index in [-0.39, 0.29) is 0 Å². The summed E-state index contributed by atoms with van der Waals surface area (Å²) >= 11 is 12.6. The zero-order valence-electron chi connectivity index (χ0n) is 13.6. The molecule has 3 aromatic rings. The number of aromatic nitrogens is 4. The molecule has 0 atom stereocenters. The van der Waals surface area contributed by atoms with Crippen LogP contribution in [0.2, 0.25) is 10.2 Å². The molecule has 3 heterocycles. The van der Waals surface area contributed by atoms with E-state index in [2.05, 4.69) is 22.1 Å². The van der Waals surface area contributed by atoms with E-state index in [9.17, 15) is 0 Å². The molecule has 1 aromatic carbocycles. The van der Waals surface area contributed by atoms with Crippen molar-refractivity contribution in [3.8, 4) is 5.69 Å². The first-order valence-corrected chi connectivity index (χ1v) is 8.84. The first kappa shape index (κ1) is 16.2. The third kappa shape index (κ3) is 2.83. The van der Waals surface area contributed by atoms with Crippen LogP contribution in [0.3, 0.4) is 0 Å². The summed E-state index contributed by atoms with van der Waals surface area (Å²) in [6.45, 7) is 2.52. The van der Waals surface area contributed by atoms with E-state index < -0.39 is 0 Å². The minimum Gasteiger partial charge on any atom is -0.279 e. The molecule has 126 valence electrons. The second-order valence-electron chi connectivity index (χ2n) is 5.76. The van der Waals surface area contributed by atoms with Crippen LogP contribution in [-0.4, -0.2) is 25.5 Å². The monoisotopic (exact) mass is 371 g/mol. The first-order chi connectivity index (χ1) is 12.2. The molecule has 5 nitrogen and oxygen atoms in total. The van der Waals surface area contributed by atoms with Gasteiger partial charge in [-0.05, 0) is 24.6 Å². The molecule has 0 saturated carbocycles. The number of rotatable bonds is 3. The minimum absolute atomic E-state index is 0.408. The number of aryl methyl sites for hydroxylation is 1. The number of pyridine rings is 1. The molecule has 0 amide bonds. The number of aliphatic imine (C=N–C) groups is 1. The molecule has 0 fully saturated rings. The smallest absolute Gasteiger partial charge is 0.159 e. The van der Waals surface area contributed by atoms with Gasteiger partial charge in [0.15, 0.2) is 5.82 Å². The van der Waals surface area contributed by atoms with Gasteiger partial charge in [0.2, 0.25) is 0 Å². The van der Waals surface area contributed by atoms with Crippen LogP contribution in [0, 0.1) is 0 Å². The number of hydrogen-bond acceptors (Lipinski definition) is 4. The van der Waals surface area contributed by atoms with Gasteiger partial charge in [0, 0.05) is 12.0 Å². The van der Waals surface area contributed by atoms with E-state index in [0.717, 1.165) is 41.5 Å². The SMILES string of the molecule is CCCc1nnc2n1-c1ccc(Cl)nc1C(c1ccccc1Cl)=NC2. The standard InChI is InChI=1S/C18H15Cl2N5/c1-2-5-15-23-24-16-10-21-17(11-6-3-4-7-12(11)19)18-13(25(15)16)8-9-14(20)22-18/h3-4,6-9H,2,5,10H2,1H3. The lowest BCUT2D eigenvalue weighted by Crippen LogP contribution is -2.12. The third-order valence-corrected chi connectivity index (χ3v) is 4.62. The van der Waals surface area contributed by atoms with Crippen LogP contribution in [0.25, 0.3) is 5.69 Å². The van der Waals surface area contributed by atoms with Crippen molar-refractivity contribution in [3.05, 3.63) is 69.5 Å². The zero-order valence-corrected chi connectivity index (χ0v) is 15.1. The number of hydrogen-bond donors (Lipinski definition) is 0. The Morgan fingerprint density at radius 1 is 1.08 bits per heavy atom. The maximum Gasteiger partial charge on any atom is 0.159 e. The molecule has 4 rings (SSSR count). The van der Waals surface area contributed by atoms with Crippen molar-refractivity contribution in [1.82, 2.24) is 19.7 Å². The Morgan fingerprint density at radius 2 is 1.92 bits per heavy atom. The Kier molecular flexibility index (Phi) is 4.27. The quantitative estimate of drug-likeness (QED) is 0.645. The Labute approximate surface area is 155 Å². The molecule has 2 aromatic heterocycles. The molecule has 25 heavy (non-hydrogen) atoms. The first-order valence-electron chi connectivity index (χ1n) is 8.09. The maximum atomic E-state index is 6.41. The summed E-state index contributed by atoms with van der Waals surface area (Å²) in [7, 11) is 0. The number of fused-ring (bicyclic) bond motifs is 3. The number of halogens is 2. The summed E-state index contributed by atoms with van der Waals surface area (Å²) in [6, 6.07) is 11.3. The van der Waals surface area contributed by atoms with Gasteiger partial charge < -0.3 is 0 Å². The lowest BCUT2D eigenvalue weighted by molar-refractivity contribution is 0.787. The molecule has 0 N–H and O–H groups in total. The highest BCUT2D eigenvalue weighted by Gasteiger charge is 2.24. The summed E-state index contributed by atoms with van der Waals surface area (Å²) < 4.78 is 2.04. The van der Waals surface area contributed by atoms with Crippen molar-refractivity contribution in [2.24, 2.45) is 4.99 Å². The highest BCUT2D eigenvalue weighted by atomic mass is 35.5. The molecule has 1 aliphatic heterocycles. The van der Waals surface area contributed by atoms with Gasteiger partial charge in [-0.25, -0.2) is 4.98 Å². The normalized spacial score (nSPS) is 13.0. The van der Waals surface area contributed by atoms with Crippen LogP contribution in [0.15, 0.2) is 41.4 Å². The molecular formula is C18H15Cl2N5. The molecule has 1 aliphatic rings. The van der Waals surface area contributed by atoms with Crippen LogP contribution in [0.5, 0.6) is 0 Å². The molecule has 0 radical (unpaired) electrons. The fourth-order valence-corrected chi connectivity index (χ4v) is 3.37. The fraction of sp³-hybridized carbons (Fsp3) is 0.222. The number of nitrogens with zero attached hydrogens (tertiary/aromatic N) is 5. The minimum atomic E-state index is 0.408. The van der Waals surface area contributed by atoms with Crippen LogP contribution in [-0.2, 0) is 13.0 Å². The summed E-state index contributed by atoms with van der Waals surface area (Å²) in [6.07, 6.45) is 1.81. The van der Waals surface area contributed by atoms with Crippen molar-refractivity contribution >= 4 is 28.9 Å². The van der Waals surface area contributed by atoms with Crippen LogP contribution >= 0.6 is 23.2 Å². The van der Waals surface area contributed by atoms with E-state index in [1.807, 2.05) is 34.9 Å².